The van der Waals surface area contributed by atoms with Crippen molar-refractivity contribution in [2.24, 2.45) is 5.18 Å². The molecule has 3 nitrogen and oxygen atoms in total. The molecule has 0 saturated heterocycles. The quantitative estimate of drug-likeness (QED) is 0.634. The number of nitrogens with two attached hydrogens (primary N) is 1. The van der Waals surface area contributed by atoms with Crippen molar-refractivity contribution in [1.82, 2.24) is 0 Å². The van der Waals surface area contributed by atoms with Gasteiger partial charge in [-0.2, -0.15) is 0 Å². The first-order valence-corrected chi connectivity index (χ1v) is 4.31. The fourth-order valence-electron chi connectivity index (χ4n) is 0.672. The van der Waals surface area contributed by atoms with Crippen LogP contribution in [0, 0.1) is 4.91 Å². The van der Waals surface area contributed by atoms with E-state index in [1.54, 1.807) is 12.1 Å². The fourth-order valence-corrected chi connectivity index (χ4v) is 2.04. The maximum absolute atomic E-state index is 10.2. The summed E-state index contributed by atoms with van der Waals surface area (Å²) in [7, 11) is 0. The van der Waals surface area contributed by atoms with E-state index in [-0.39, 0.29) is 0 Å². The molecule has 0 bridgehead atoms. The largest absolute Gasteiger partial charge is 0.399 e. The van der Waals surface area contributed by atoms with Crippen LogP contribution in [0.1, 0.15) is 0 Å². The number of nitrogens with zero attached hydrogens (tertiary/aromatic N) is 1. The lowest BCUT2D eigenvalue weighted by molar-refractivity contribution is 1.44. The van der Waals surface area contributed by atoms with E-state index in [4.69, 9.17) is 5.73 Å². The molecule has 0 aliphatic carbocycles. The third-order valence-electron chi connectivity index (χ3n) is 1.13. The van der Waals surface area contributed by atoms with E-state index >= 15 is 0 Å². The first kappa shape index (κ1) is 8.67. The summed E-state index contributed by atoms with van der Waals surface area (Å²) in [5, 5.41) is 2.81. The topological polar surface area (TPSA) is 55.4 Å². The van der Waals surface area contributed by atoms with E-state index in [1.807, 2.05) is 0 Å². The fraction of sp³-hybridized carbons (Fsp3) is 0. The van der Waals surface area contributed by atoms with Crippen LogP contribution < -0.4 is 5.73 Å². The van der Waals surface area contributed by atoms with E-state index in [9.17, 15) is 4.91 Å². The third-order valence-corrected chi connectivity index (χ3v) is 2.34. The molecule has 0 saturated carbocycles. The molecule has 0 aliphatic heterocycles. The number of hydrogen-bond donors (Lipinski definition) is 1. The van der Waals surface area contributed by atoms with Crippen molar-refractivity contribution in [3.8, 4) is 0 Å². The summed E-state index contributed by atoms with van der Waals surface area (Å²) >= 11 is 6.31. The van der Waals surface area contributed by atoms with Crippen LogP contribution in [-0.2, 0) is 0 Å². The summed E-state index contributed by atoms with van der Waals surface area (Å²) in [6.07, 6.45) is 0. The van der Waals surface area contributed by atoms with Crippen molar-refractivity contribution in [1.29, 1.82) is 0 Å². The Hall–Kier alpha value is -0.420. The summed E-state index contributed by atoms with van der Waals surface area (Å²) in [4.78, 5) is 10.2. The van der Waals surface area contributed by atoms with Gasteiger partial charge >= 0.3 is 0 Å². The monoisotopic (exact) mass is 278 g/mol. The van der Waals surface area contributed by atoms with Gasteiger partial charge in [-0.3, -0.25) is 0 Å². The zero-order valence-corrected chi connectivity index (χ0v) is 8.52. The third kappa shape index (κ3) is 1.78. The average molecular weight is 280 g/mol. The van der Waals surface area contributed by atoms with Crippen LogP contribution in [0.15, 0.2) is 26.3 Å². The minimum Gasteiger partial charge on any atom is -0.399 e. The zero-order chi connectivity index (χ0) is 8.43. The molecule has 0 aliphatic rings. The first-order chi connectivity index (χ1) is 5.15. The van der Waals surface area contributed by atoms with Gasteiger partial charge in [-0.25, -0.2) is 0 Å². The van der Waals surface area contributed by atoms with Crippen LogP contribution in [0.3, 0.4) is 0 Å². The highest BCUT2D eigenvalue weighted by molar-refractivity contribution is 9.11. The second-order valence-electron chi connectivity index (χ2n) is 1.92. The lowest BCUT2D eigenvalue weighted by Gasteiger charge is -1.99. The molecule has 2 N–H and O–H groups in total. The summed E-state index contributed by atoms with van der Waals surface area (Å²) in [5.74, 6) is 0. The SMILES string of the molecule is Nc1cc(Br)c(N=O)c(Br)c1. The summed E-state index contributed by atoms with van der Waals surface area (Å²) in [5.41, 5.74) is 6.39. The Labute approximate surface area is 80.2 Å². The Kier molecular flexibility index (Phi) is 2.62. The highest BCUT2D eigenvalue weighted by atomic mass is 79.9. The van der Waals surface area contributed by atoms with Crippen molar-refractivity contribution < 1.29 is 0 Å². The van der Waals surface area contributed by atoms with Crippen LogP contribution >= 0.6 is 31.9 Å². The van der Waals surface area contributed by atoms with Crippen LogP contribution in [0.25, 0.3) is 0 Å². The van der Waals surface area contributed by atoms with Gasteiger partial charge in [0.25, 0.3) is 0 Å². The van der Waals surface area contributed by atoms with Gasteiger partial charge in [-0.15, -0.1) is 4.91 Å². The maximum atomic E-state index is 10.2. The van der Waals surface area contributed by atoms with E-state index in [0.29, 0.717) is 20.3 Å². The molecule has 58 valence electrons. The van der Waals surface area contributed by atoms with Crippen molar-refractivity contribution in [2.45, 2.75) is 0 Å². The number of hydrogen-bond acceptors (Lipinski definition) is 3. The van der Waals surface area contributed by atoms with Crippen LogP contribution in [0.4, 0.5) is 11.4 Å². The Morgan fingerprint density at radius 2 is 1.73 bits per heavy atom. The van der Waals surface area contributed by atoms with E-state index in [0.717, 1.165) is 0 Å². The van der Waals surface area contributed by atoms with Gasteiger partial charge in [-0.1, -0.05) is 0 Å². The predicted octanol–water partition coefficient (Wildman–Crippen LogP) is 3.19. The lowest BCUT2D eigenvalue weighted by atomic mass is 10.3. The summed E-state index contributed by atoms with van der Waals surface area (Å²) in [6, 6.07) is 3.25. The minimum atomic E-state index is 0.333. The Bertz CT molecular complexity index is 278. The van der Waals surface area contributed by atoms with E-state index in [2.05, 4.69) is 37.0 Å². The van der Waals surface area contributed by atoms with Gasteiger partial charge in [0, 0.05) is 14.6 Å². The highest BCUT2D eigenvalue weighted by Gasteiger charge is 2.05. The molecule has 0 aromatic heterocycles. The second kappa shape index (κ2) is 3.32. The average Bonchev–Trinajstić information content (AvgIpc) is 1.85. The highest BCUT2D eigenvalue weighted by Crippen LogP contribution is 2.35. The molecule has 1 aromatic rings. The Balaban J connectivity index is 3.36. The molecule has 0 fully saturated rings. The number of benzene rings is 1. The maximum Gasteiger partial charge on any atom is 0.136 e. The molecule has 0 atom stereocenters. The number of nitrogen functional groups attached to an aromatic ring is 1. The van der Waals surface area contributed by atoms with Crippen LogP contribution in [0.5, 0.6) is 0 Å². The van der Waals surface area contributed by atoms with Crippen LogP contribution in [0.2, 0.25) is 0 Å². The zero-order valence-electron chi connectivity index (χ0n) is 5.34. The number of nitroso groups, excluding NO2 is 1. The molecule has 1 rings (SSSR count). The van der Waals surface area contributed by atoms with Crippen molar-refractivity contribution in [3.05, 3.63) is 26.0 Å². The van der Waals surface area contributed by atoms with Crippen molar-refractivity contribution >= 4 is 43.2 Å². The van der Waals surface area contributed by atoms with Gasteiger partial charge in [0.1, 0.15) is 5.69 Å². The van der Waals surface area contributed by atoms with Gasteiger partial charge in [0.05, 0.1) is 0 Å². The van der Waals surface area contributed by atoms with E-state index < -0.39 is 0 Å². The Morgan fingerprint density at radius 1 is 1.27 bits per heavy atom. The van der Waals surface area contributed by atoms with Gasteiger partial charge in [0.2, 0.25) is 0 Å². The van der Waals surface area contributed by atoms with E-state index in [1.165, 1.54) is 0 Å². The van der Waals surface area contributed by atoms with Crippen molar-refractivity contribution in [2.75, 3.05) is 5.73 Å². The Morgan fingerprint density at radius 3 is 2.09 bits per heavy atom. The van der Waals surface area contributed by atoms with Crippen molar-refractivity contribution in [3.63, 3.8) is 0 Å². The normalized spacial score (nSPS) is 9.64. The standard InChI is InChI=1S/C6H4Br2N2O/c7-4-1-3(9)2-5(8)6(4)10-11/h1-2H,9H2. The molecule has 0 unspecified atom stereocenters. The van der Waals surface area contributed by atoms with Gasteiger partial charge in [0.15, 0.2) is 0 Å². The lowest BCUT2D eigenvalue weighted by Crippen LogP contribution is -1.84. The molecule has 0 heterocycles. The number of anilines is 1. The molecule has 0 radical (unpaired) electrons. The summed E-state index contributed by atoms with van der Waals surface area (Å²) < 4.78 is 1.19. The van der Waals surface area contributed by atoms with Crippen LogP contribution in [-0.4, -0.2) is 0 Å². The smallest absolute Gasteiger partial charge is 0.136 e. The molecular weight excluding hydrogens is 276 g/mol. The molecule has 0 spiro atoms. The predicted molar refractivity (Wildman–Crippen MR) is 51.7 cm³/mol. The number of rotatable bonds is 1. The minimum absolute atomic E-state index is 0.333. The first-order valence-electron chi connectivity index (χ1n) is 2.73. The molecular formula is C6H4Br2N2O. The molecule has 1 aromatic carbocycles. The molecule has 11 heavy (non-hydrogen) atoms. The van der Waals surface area contributed by atoms with Gasteiger partial charge < -0.3 is 5.73 Å². The molecule has 5 heteroatoms. The number of halogens is 2. The molecule has 0 amide bonds. The summed E-state index contributed by atoms with van der Waals surface area (Å²) in [6.45, 7) is 0. The van der Waals surface area contributed by atoms with Gasteiger partial charge in [-0.05, 0) is 49.2 Å². The second-order valence-corrected chi connectivity index (χ2v) is 3.63.